The minimum Gasteiger partial charge on any atom is -0.492 e. The van der Waals surface area contributed by atoms with Crippen molar-refractivity contribution in [3.63, 3.8) is 0 Å². The summed E-state index contributed by atoms with van der Waals surface area (Å²) in [6, 6.07) is 13.7. The number of ether oxygens (including phenoxy) is 1. The van der Waals surface area contributed by atoms with Crippen LogP contribution < -0.4 is 10.1 Å². The Balaban J connectivity index is 1.67. The van der Waals surface area contributed by atoms with E-state index in [1.165, 1.54) is 43.7 Å². The molecule has 0 unspecified atom stereocenters. The van der Waals surface area contributed by atoms with Gasteiger partial charge >= 0.3 is 0 Å². The van der Waals surface area contributed by atoms with Gasteiger partial charge in [-0.3, -0.25) is 9.59 Å². The number of hydrogen-bond acceptors (Lipinski definition) is 3. The van der Waals surface area contributed by atoms with Gasteiger partial charge in [0.2, 0.25) is 0 Å². The summed E-state index contributed by atoms with van der Waals surface area (Å²) < 4.78 is 5.94. The third kappa shape index (κ3) is 6.18. The molecule has 0 aromatic heterocycles. The molecule has 0 radical (unpaired) electrons. The number of Topliss-reactive ketones (excluding diaryl/α,β-unsaturated/α-hetero) is 1. The molecular formula is C25H31NO3. The van der Waals surface area contributed by atoms with Crippen LogP contribution in [-0.2, 0) is 6.42 Å². The monoisotopic (exact) mass is 393 g/mol. The Kier molecular flexibility index (Phi) is 7.45. The van der Waals surface area contributed by atoms with Crippen LogP contribution in [0.3, 0.4) is 0 Å². The zero-order valence-corrected chi connectivity index (χ0v) is 17.5. The maximum Gasteiger partial charge on any atom is 0.251 e. The van der Waals surface area contributed by atoms with Gasteiger partial charge in [-0.2, -0.15) is 0 Å². The van der Waals surface area contributed by atoms with Crippen molar-refractivity contribution in [2.45, 2.75) is 64.8 Å². The van der Waals surface area contributed by atoms with Crippen LogP contribution >= 0.6 is 0 Å². The van der Waals surface area contributed by atoms with Crippen molar-refractivity contribution < 1.29 is 14.3 Å². The fraction of sp³-hybridized carbons (Fsp3) is 0.440. The van der Waals surface area contributed by atoms with Gasteiger partial charge in [-0.1, -0.05) is 55.5 Å². The molecule has 0 atom stereocenters. The van der Waals surface area contributed by atoms with Gasteiger partial charge in [-0.05, 0) is 50.5 Å². The fourth-order valence-corrected chi connectivity index (χ4v) is 3.91. The van der Waals surface area contributed by atoms with E-state index in [1.54, 1.807) is 18.2 Å². The Morgan fingerprint density at radius 1 is 1.03 bits per heavy atom. The van der Waals surface area contributed by atoms with Crippen molar-refractivity contribution in [2.75, 3.05) is 6.61 Å². The maximum absolute atomic E-state index is 12.7. The molecule has 0 heterocycles. The van der Waals surface area contributed by atoms with Gasteiger partial charge in [0.25, 0.3) is 5.91 Å². The highest BCUT2D eigenvalue weighted by Gasteiger charge is 2.18. The number of benzene rings is 2. The highest BCUT2D eigenvalue weighted by atomic mass is 16.5. The van der Waals surface area contributed by atoms with E-state index in [1.807, 2.05) is 6.07 Å². The zero-order chi connectivity index (χ0) is 20.6. The predicted octanol–water partition coefficient (Wildman–Crippen LogP) is 5.27. The first-order valence-corrected chi connectivity index (χ1v) is 10.7. The number of rotatable bonds is 7. The SMILES string of the molecule is CC(=O)c1ccc(C(=O)NC2CCCCCC2)cc1OCCc1cccc(C)c1. The van der Waals surface area contributed by atoms with Crippen LogP contribution in [0.2, 0.25) is 0 Å². The van der Waals surface area contributed by atoms with Crippen molar-refractivity contribution in [3.8, 4) is 5.75 Å². The van der Waals surface area contributed by atoms with Crippen LogP contribution in [0, 0.1) is 6.92 Å². The van der Waals surface area contributed by atoms with Gasteiger partial charge in [-0.15, -0.1) is 0 Å². The maximum atomic E-state index is 12.7. The predicted molar refractivity (Wildman–Crippen MR) is 116 cm³/mol. The standard InChI is InChI=1S/C25H31NO3/c1-18-8-7-9-20(16-18)14-15-29-24-17-21(12-13-23(24)19(2)27)25(28)26-22-10-5-3-4-6-11-22/h7-9,12-13,16-17,22H,3-6,10-11,14-15H2,1-2H3,(H,26,28). The summed E-state index contributed by atoms with van der Waals surface area (Å²) in [4.78, 5) is 24.7. The normalized spacial score (nSPS) is 14.8. The van der Waals surface area contributed by atoms with Gasteiger partial charge < -0.3 is 10.1 Å². The van der Waals surface area contributed by atoms with Crippen molar-refractivity contribution in [2.24, 2.45) is 0 Å². The summed E-state index contributed by atoms with van der Waals surface area (Å²) in [7, 11) is 0. The minimum absolute atomic E-state index is 0.0636. The Bertz CT molecular complexity index is 851. The molecule has 1 fully saturated rings. The first kappa shape index (κ1) is 21.1. The van der Waals surface area contributed by atoms with E-state index in [-0.39, 0.29) is 17.7 Å². The lowest BCUT2D eigenvalue weighted by Gasteiger charge is -2.17. The van der Waals surface area contributed by atoms with Crippen molar-refractivity contribution in [1.29, 1.82) is 0 Å². The van der Waals surface area contributed by atoms with Crippen LogP contribution in [0.1, 0.15) is 77.3 Å². The number of ketones is 1. The molecule has 1 saturated carbocycles. The molecule has 1 N–H and O–H groups in total. The summed E-state index contributed by atoms with van der Waals surface area (Å²) in [6.45, 7) is 4.04. The minimum atomic E-state index is -0.0875. The smallest absolute Gasteiger partial charge is 0.251 e. The van der Waals surface area contributed by atoms with Crippen LogP contribution in [0.5, 0.6) is 5.75 Å². The molecule has 3 rings (SSSR count). The molecule has 0 spiro atoms. The van der Waals surface area contributed by atoms with E-state index in [9.17, 15) is 9.59 Å². The molecule has 1 amide bonds. The number of hydrogen-bond donors (Lipinski definition) is 1. The Hall–Kier alpha value is -2.62. The van der Waals surface area contributed by atoms with Gasteiger partial charge in [0.1, 0.15) is 5.75 Å². The molecule has 29 heavy (non-hydrogen) atoms. The molecule has 154 valence electrons. The lowest BCUT2D eigenvalue weighted by molar-refractivity contribution is 0.0930. The number of aryl methyl sites for hydroxylation is 1. The third-order valence-corrected chi connectivity index (χ3v) is 5.54. The van der Waals surface area contributed by atoms with Crippen molar-refractivity contribution in [1.82, 2.24) is 5.32 Å². The third-order valence-electron chi connectivity index (χ3n) is 5.54. The van der Waals surface area contributed by atoms with E-state index in [0.29, 0.717) is 23.5 Å². The number of carbonyl (C=O) groups is 2. The average Bonchev–Trinajstić information content (AvgIpc) is 2.96. The summed E-state index contributed by atoms with van der Waals surface area (Å²) >= 11 is 0. The van der Waals surface area contributed by atoms with E-state index in [2.05, 4.69) is 30.4 Å². The molecule has 0 bridgehead atoms. The van der Waals surface area contributed by atoms with Gasteiger partial charge in [-0.25, -0.2) is 0 Å². The molecule has 1 aliphatic carbocycles. The summed E-state index contributed by atoms with van der Waals surface area (Å²) in [5, 5.41) is 3.16. The quantitative estimate of drug-likeness (QED) is 0.515. The second kappa shape index (κ2) is 10.2. The first-order valence-electron chi connectivity index (χ1n) is 10.7. The lowest BCUT2D eigenvalue weighted by Crippen LogP contribution is -2.34. The summed E-state index contributed by atoms with van der Waals surface area (Å²) in [5.74, 6) is 0.334. The highest BCUT2D eigenvalue weighted by Crippen LogP contribution is 2.23. The fourth-order valence-electron chi connectivity index (χ4n) is 3.91. The number of nitrogens with one attached hydrogen (secondary N) is 1. The molecule has 0 aliphatic heterocycles. The second-order valence-electron chi connectivity index (χ2n) is 8.02. The van der Waals surface area contributed by atoms with Crippen molar-refractivity contribution in [3.05, 3.63) is 64.7 Å². The lowest BCUT2D eigenvalue weighted by atomic mass is 10.0. The van der Waals surface area contributed by atoms with Crippen LogP contribution in [0.25, 0.3) is 0 Å². The summed E-state index contributed by atoms with van der Waals surface area (Å²) in [6.07, 6.45) is 7.66. The van der Waals surface area contributed by atoms with Crippen molar-refractivity contribution >= 4 is 11.7 Å². The molecule has 2 aromatic rings. The Morgan fingerprint density at radius 3 is 2.48 bits per heavy atom. The Labute approximate surface area is 173 Å². The average molecular weight is 394 g/mol. The van der Waals surface area contributed by atoms with Gasteiger partial charge in [0.05, 0.1) is 12.2 Å². The van der Waals surface area contributed by atoms with Crippen LogP contribution in [-0.4, -0.2) is 24.3 Å². The van der Waals surface area contributed by atoms with E-state index in [4.69, 9.17) is 4.74 Å². The van der Waals surface area contributed by atoms with E-state index < -0.39 is 0 Å². The number of carbonyl (C=O) groups excluding carboxylic acids is 2. The molecular weight excluding hydrogens is 362 g/mol. The first-order chi connectivity index (χ1) is 14.0. The largest absolute Gasteiger partial charge is 0.492 e. The number of amides is 1. The second-order valence-corrected chi connectivity index (χ2v) is 8.02. The Morgan fingerprint density at radius 2 is 1.79 bits per heavy atom. The van der Waals surface area contributed by atoms with Crippen LogP contribution in [0.4, 0.5) is 0 Å². The molecule has 4 nitrogen and oxygen atoms in total. The molecule has 0 saturated heterocycles. The molecule has 2 aromatic carbocycles. The highest BCUT2D eigenvalue weighted by molar-refractivity contribution is 6.00. The molecule has 1 aliphatic rings. The topological polar surface area (TPSA) is 55.4 Å². The van der Waals surface area contributed by atoms with E-state index in [0.717, 1.165) is 19.3 Å². The van der Waals surface area contributed by atoms with E-state index >= 15 is 0 Å². The van der Waals surface area contributed by atoms with Crippen LogP contribution in [0.15, 0.2) is 42.5 Å². The van der Waals surface area contributed by atoms with Gasteiger partial charge in [0, 0.05) is 18.0 Å². The summed E-state index contributed by atoms with van der Waals surface area (Å²) in [5.41, 5.74) is 3.46. The zero-order valence-electron chi connectivity index (χ0n) is 17.5. The molecule has 4 heteroatoms. The van der Waals surface area contributed by atoms with Gasteiger partial charge in [0.15, 0.2) is 5.78 Å².